The number of hydrogen-bond donors (Lipinski definition) is 3. The van der Waals surface area contributed by atoms with Crippen LogP contribution in [0.15, 0.2) is 60.9 Å². The molecule has 1 unspecified atom stereocenters. The minimum atomic E-state index is -1.13. The van der Waals surface area contributed by atoms with Crippen molar-refractivity contribution in [3.05, 3.63) is 77.6 Å². The van der Waals surface area contributed by atoms with Gasteiger partial charge in [0.1, 0.15) is 12.6 Å². The second kappa shape index (κ2) is 7.56. The van der Waals surface area contributed by atoms with Crippen LogP contribution >= 0.6 is 0 Å². The topological polar surface area (TPSA) is 104 Å². The maximum Gasteiger partial charge on any atom is 0.407 e. The van der Waals surface area contributed by atoms with E-state index in [9.17, 15) is 14.7 Å². The molecule has 1 atom stereocenters. The Morgan fingerprint density at radius 2 is 1.75 bits per heavy atom. The monoisotopic (exact) mass is 377 g/mol. The highest BCUT2D eigenvalue weighted by atomic mass is 16.5. The Morgan fingerprint density at radius 1 is 1.11 bits per heavy atom. The zero-order chi connectivity index (χ0) is 19.5. The number of nitrogens with zero attached hydrogens (tertiary/aromatic N) is 1. The van der Waals surface area contributed by atoms with E-state index >= 15 is 0 Å². The van der Waals surface area contributed by atoms with Gasteiger partial charge in [0.05, 0.1) is 6.20 Å². The SMILES string of the molecule is O=C(NC(Cc1cn[nH]c1)C(=O)O)OCC1c2ccccc2-c2ccccc21. The zero-order valence-electron chi connectivity index (χ0n) is 15.0. The molecule has 1 aromatic heterocycles. The van der Waals surface area contributed by atoms with Crippen LogP contribution in [0, 0.1) is 0 Å². The molecule has 4 rings (SSSR count). The third-order valence-electron chi connectivity index (χ3n) is 4.93. The summed E-state index contributed by atoms with van der Waals surface area (Å²) in [5.74, 6) is -1.20. The van der Waals surface area contributed by atoms with Gasteiger partial charge in [0.15, 0.2) is 0 Å². The van der Waals surface area contributed by atoms with Crippen molar-refractivity contribution in [2.75, 3.05) is 6.61 Å². The van der Waals surface area contributed by atoms with Gasteiger partial charge in [-0.1, -0.05) is 48.5 Å². The minimum Gasteiger partial charge on any atom is -0.480 e. The van der Waals surface area contributed by atoms with Gasteiger partial charge in [-0.05, 0) is 27.8 Å². The van der Waals surface area contributed by atoms with E-state index in [1.165, 1.54) is 6.20 Å². The molecule has 0 aliphatic heterocycles. The summed E-state index contributed by atoms with van der Waals surface area (Å²) in [6, 6.07) is 15.0. The van der Waals surface area contributed by atoms with Crippen LogP contribution in [0.4, 0.5) is 4.79 Å². The number of aromatic amines is 1. The maximum atomic E-state index is 12.2. The van der Waals surface area contributed by atoms with Crippen molar-refractivity contribution in [3.8, 4) is 11.1 Å². The van der Waals surface area contributed by atoms with Crippen molar-refractivity contribution in [1.82, 2.24) is 15.5 Å². The molecule has 142 valence electrons. The van der Waals surface area contributed by atoms with Crippen molar-refractivity contribution < 1.29 is 19.4 Å². The molecular formula is C21H19N3O4. The number of carbonyl (C=O) groups excluding carboxylic acids is 1. The Balaban J connectivity index is 1.44. The highest BCUT2D eigenvalue weighted by Gasteiger charge is 2.29. The number of nitrogens with one attached hydrogen (secondary N) is 2. The third-order valence-corrected chi connectivity index (χ3v) is 4.93. The first-order valence-electron chi connectivity index (χ1n) is 8.95. The average molecular weight is 377 g/mol. The Morgan fingerprint density at radius 3 is 2.32 bits per heavy atom. The molecule has 0 radical (unpaired) electrons. The van der Waals surface area contributed by atoms with E-state index in [0.717, 1.165) is 22.3 Å². The molecule has 3 aromatic rings. The van der Waals surface area contributed by atoms with Crippen LogP contribution in [0.3, 0.4) is 0 Å². The van der Waals surface area contributed by atoms with Gasteiger partial charge in [0, 0.05) is 18.5 Å². The van der Waals surface area contributed by atoms with Crippen molar-refractivity contribution in [3.63, 3.8) is 0 Å². The van der Waals surface area contributed by atoms with Crippen LogP contribution in [-0.2, 0) is 16.0 Å². The van der Waals surface area contributed by atoms with Crippen molar-refractivity contribution in [1.29, 1.82) is 0 Å². The summed E-state index contributed by atoms with van der Waals surface area (Å²) in [7, 11) is 0. The van der Waals surface area contributed by atoms with Gasteiger partial charge in [0.2, 0.25) is 0 Å². The number of aliphatic carboxylic acids is 1. The van der Waals surface area contributed by atoms with Gasteiger partial charge in [-0.25, -0.2) is 9.59 Å². The number of H-pyrrole nitrogens is 1. The largest absolute Gasteiger partial charge is 0.480 e. The average Bonchev–Trinajstić information content (AvgIpc) is 3.32. The summed E-state index contributed by atoms with van der Waals surface area (Å²) >= 11 is 0. The van der Waals surface area contributed by atoms with E-state index in [2.05, 4.69) is 27.6 Å². The number of rotatable bonds is 6. The number of amides is 1. The molecule has 1 aliphatic carbocycles. The lowest BCUT2D eigenvalue weighted by Gasteiger charge is -2.17. The Hall–Kier alpha value is -3.61. The molecule has 1 heterocycles. The third kappa shape index (κ3) is 3.46. The predicted molar refractivity (Wildman–Crippen MR) is 102 cm³/mol. The van der Waals surface area contributed by atoms with Crippen molar-refractivity contribution in [2.45, 2.75) is 18.4 Å². The first kappa shape index (κ1) is 17.8. The number of carboxylic acid groups (broad SMARTS) is 1. The fourth-order valence-electron chi connectivity index (χ4n) is 3.61. The number of fused-ring (bicyclic) bond motifs is 3. The number of aromatic nitrogens is 2. The quantitative estimate of drug-likeness (QED) is 0.613. The Kier molecular flexibility index (Phi) is 4.80. The number of benzene rings is 2. The van der Waals surface area contributed by atoms with Crippen LogP contribution in [0.25, 0.3) is 11.1 Å². The summed E-state index contributed by atoms with van der Waals surface area (Å²) < 4.78 is 5.40. The van der Waals surface area contributed by atoms with Crippen LogP contribution in [-0.4, -0.2) is 40.0 Å². The van der Waals surface area contributed by atoms with E-state index < -0.39 is 18.1 Å². The molecule has 0 fully saturated rings. The lowest BCUT2D eigenvalue weighted by molar-refractivity contribution is -0.139. The fraction of sp³-hybridized carbons (Fsp3) is 0.190. The Labute approximate surface area is 161 Å². The molecule has 3 N–H and O–H groups in total. The van der Waals surface area contributed by atoms with Crippen LogP contribution in [0.5, 0.6) is 0 Å². The maximum absolute atomic E-state index is 12.2. The molecule has 0 saturated heterocycles. The standard InChI is InChI=1S/C21H19N3O4/c25-20(26)19(9-13-10-22-23-11-13)24-21(27)28-12-18-16-7-3-1-5-14(16)15-6-2-4-8-17(15)18/h1-8,10-11,18-19H,9,12H2,(H,22,23)(H,24,27)(H,25,26). The van der Waals surface area contributed by atoms with E-state index in [1.54, 1.807) is 6.20 Å². The molecule has 0 bridgehead atoms. The molecule has 28 heavy (non-hydrogen) atoms. The number of carboxylic acids is 1. The van der Waals surface area contributed by atoms with E-state index in [-0.39, 0.29) is 18.9 Å². The lowest BCUT2D eigenvalue weighted by atomic mass is 9.98. The molecule has 7 heteroatoms. The molecule has 0 saturated carbocycles. The molecule has 2 aromatic carbocycles. The van der Waals surface area contributed by atoms with E-state index in [0.29, 0.717) is 5.56 Å². The van der Waals surface area contributed by atoms with Gasteiger partial charge in [-0.2, -0.15) is 5.10 Å². The normalized spacial score (nSPS) is 13.4. The smallest absolute Gasteiger partial charge is 0.407 e. The van der Waals surface area contributed by atoms with Gasteiger partial charge < -0.3 is 15.2 Å². The second-order valence-corrected chi connectivity index (χ2v) is 6.67. The molecule has 1 amide bonds. The molecule has 0 spiro atoms. The van der Waals surface area contributed by atoms with Crippen molar-refractivity contribution in [2.24, 2.45) is 0 Å². The van der Waals surface area contributed by atoms with Gasteiger partial charge in [0.25, 0.3) is 0 Å². The summed E-state index contributed by atoms with van der Waals surface area (Å²) in [5.41, 5.74) is 5.16. The van der Waals surface area contributed by atoms with Crippen LogP contribution in [0.1, 0.15) is 22.6 Å². The highest BCUT2D eigenvalue weighted by molar-refractivity contribution is 5.81. The first-order valence-corrected chi connectivity index (χ1v) is 8.95. The minimum absolute atomic E-state index is 0.0738. The van der Waals surface area contributed by atoms with Crippen LogP contribution in [0.2, 0.25) is 0 Å². The number of alkyl carbamates (subject to hydrolysis) is 1. The van der Waals surface area contributed by atoms with Crippen LogP contribution < -0.4 is 5.32 Å². The number of carbonyl (C=O) groups is 2. The van der Waals surface area contributed by atoms with E-state index in [1.807, 2.05) is 36.4 Å². The van der Waals surface area contributed by atoms with Crippen molar-refractivity contribution >= 4 is 12.1 Å². The van der Waals surface area contributed by atoms with Gasteiger partial charge >= 0.3 is 12.1 Å². The lowest BCUT2D eigenvalue weighted by Crippen LogP contribution is -2.42. The van der Waals surface area contributed by atoms with Gasteiger partial charge in [-0.15, -0.1) is 0 Å². The van der Waals surface area contributed by atoms with Gasteiger partial charge in [-0.3, -0.25) is 5.10 Å². The fourth-order valence-corrected chi connectivity index (χ4v) is 3.61. The molecule has 7 nitrogen and oxygen atoms in total. The zero-order valence-corrected chi connectivity index (χ0v) is 15.0. The number of ether oxygens (including phenoxy) is 1. The molecular weight excluding hydrogens is 358 g/mol. The second-order valence-electron chi connectivity index (χ2n) is 6.67. The highest BCUT2D eigenvalue weighted by Crippen LogP contribution is 2.44. The molecule has 1 aliphatic rings. The predicted octanol–water partition coefficient (Wildman–Crippen LogP) is 2.94. The summed E-state index contributed by atoms with van der Waals surface area (Å²) in [4.78, 5) is 23.7. The number of hydrogen-bond acceptors (Lipinski definition) is 4. The Bertz CT molecular complexity index is 955. The van der Waals surface area contributed by atoms with E-state index in [4.69, 9.17) is 4.74 Å². The summed E-state index contributed by atoms with van der Waals surface area (Å²) in [6.07, 6.45) is 2.48. The summed E-state index contributed by atoms with van der Waals surface area (Å²) in [6.45, 7) is 0.137. The first-order chi connectivity index (χ1) is 13.6. The summed E-state index contributed by atoms with van der Waals surface area (Å²) in [5, 5.41) is 18.2.